The second-order valence-corrected chi connectivity index (χ2v) is 4.42. The Hall–Kier alpha value is -1.35. The first kappa shape index (κ1) is 12.1. The molecule has 0 spiro atoms. The van der Waals surface area contributed by atoms with Crippen LogP contribution in [0.5, 0.6) is 5.75 Å². The van der Waals surface area contributed by atoms with Crippen molar-refractivity contribution in [2.45, 2.75) is 19.3 Å². The van der Waals surface area contributed by atoms with Crippen LogP contribution in [0.1, 0.15) is 18.4 Å². The summed E-state index contributed by atoms with van der Waals surface area (Å²) in [5.74, 6) is 1.27. The maximum absolute atomic E-state index is 11.4. The molecule has 92 valence electrons. The first-order chi connectivity index (χ1) is 8.29. The van der Waals surface area contributed by atoms with Crippen molar-refractivity contribution in [3.63, 3.8) is 0 Å². The van der Waals surface area contributed by atoms with Crippen LogP contribution in [0.4, 0.5) is 0 Å². The van der Waals surface area contributed by atoms with E-state index in [-0.39, 0.29) is 18.3 Å². The Labute approximate surface area is 102 Å². The summed E-state index contributed by atoms with van der Waals surface area (Å²) in [5, 5.41) is 0. The lowest BCUT2D eigenvalue weighted by Crippen LogP contribution is -2.12. The molecule has 1 aliphatic rings. The molecule has 0 amide bonds. The summed E-state index contributed by atoms with van der Waals surface area (Å²) >= 11 is 0. The highest BCUT2D eigenvalue weighted by molar-refractivity contribution is 5.84. The van der Waals surface area contributed by atoms with Crippen molar-refractivity contribution in [2.75, 3.05) is 20.3 Å². The number of carbonyl (C=O) groups excluding carboxylic acids is 1. The molecule has 1 aliphatic carbocycles. The molecule has 1 saturated carbocycles. The molecule has 1 aromatic rings. The van der Waals surface area contributed by atoms with Gasteiger partial charge in [0.15, 0.2) is 5.78 Å². The Morgan fingerprint density at radius 1 is 1.29 bits per heavy atom. The van der Waals surface area contributed by atoms with E-state index in [2.05, 4.69) is 0 Å². The molecule has 0 radical (unpaired) electrons. The van der Waals surface area contributed by atoms with E-state index in [0.717, 1.165) is 31.6 Å². The van der Waals surface area contributed by atoms with Crippen LogP contribution in [0, 0.1) is 5.92 Å². The van der Waals surface area contributed by atoms with Crippen molar-refractivity contribution < 1.29 is 14.3 Å². The van der Waals surface area contributed by atoms with E-state index in [0.29, 0.717) is 0 Å². The second kappa shape index (κ2) is 5.82. The van der Waals surface area contributed by atoms with Crippen LogP contribution < -0.4 is 4.74 Å². The molecule has 2 rings (SSSR count). The second-order valence-electron chi connectivity index (χ2n) is 4.42. The number of benzene rings is 1. The number of rotatable bonds is 7. The molecule has 0 unspecified atom stereocenters. The zero-order valence-corrected chi connectivity index (χ0v) is 10.1. The summed E-state index contributed by atoms with van der Waals surface area (Å²) in [6, 6.07) is 7.84. The summed E-state index contributed by atoms with van der Waals surface area (Å²) < 4.78 is 10.5. The van der Waals surface area contributed by atoms with Gasteiger partial charge in [-0.25, -0.2) is 0 Å². The Morgan fingerprint density at radius 2 is 2.00 bits per heavy atom. The maximum atomic E-state index is 11.4. The number of carbonyl (C=O) groups is 1. The third-order valence-corrected chi connectivity index (χ3v) is 2.93. The minimum Gasteiger partial charge on any atom is -0.486 e. The molecule has 3 nitrogen and oxygen atoms in total. The molecule has 3 heteroatoms. The van der Waals surface area contributed by atoms with Crippen LogP contribution in [0.15, 0.2) is 24.3 Å². The third-order valence-electron chi connectivity index (χ3n) is 2.93. The van der Waals surface area contributed by atoms with Gasteiger partial charge in [-0.15, -0.1) is 0 Å². The Balaban J connectivity index is 1.78. The molecule has 0 N–H and O–H groups in total. The minimum absolute atomic E-state index is 0.210. The van der Waals surface area contributed by atoms with Gasteiger partial charge in [-0.3, -0.25) is 4.79 Å². The van der Waals surface area contributed by atoms with E-state index >= 15 is 0 Å². The average molecular weight is 234 g/mol. The van der Waals surface area contributed by atoms with E-state index in [9.17, 15) is 4.79 Å². The van der Waals surface area contributed by atoms with E-state index < -0.39 is 0 Å². The van der Waals surface area contributed by atoms with Crippen molar-refractivity contribution in [3.8, 4) is 5.75 Å². The molecule has 0 aliphatic heterocycles. The van der Waals surface area contributed by atoms with Crippen molar-refractivity contribution in [2.24, 2.45) is 5.92 Å². The molecule has 17 heavy (non-hydrogen) atoms. The molecule has 0 heterocycles. The predicted molar refractivity (Wildman–Crippen MR) is 65.2 cm³/mol. The summed E-state index contributed by atoms with van der Waals surface area (Å²) in [6.45, 7) is 0.933. The number of methoxy groups -OCH3 is 1. The standard InChI is InChI=1S/C14H18O3/c1-16-9-8-11-2-6-13(7-3-11)17-10-14(15)12-4-5-12/h2-3,6-7,12H,4-5,8-10H2,1H3. The fourth-order valence-electron chi connectivity index (χ4n) is 1.65. The zero-order valence-electron chi connectivity index (χ0n) is 10.1. The molecule has 1 aromatic carbocycles. The van der Waals surface area contributed by atoms with Crippen LogP contribution in [-0.2, 0) is 16.0 Å². The average Bonchev–Trinajstić information content (AvgIpc) is 3.19. The molecule has 0 bridgehead atoms. The molecular weight excluding hydrogens is 216 g/mol. The van der Waals surface area contributed by atoms with Crippen LogP contribution in [-0.4, -0.2) is 26.1 Å². The summed E-state index contributed by atoms with van der Waals surface area (Å²) in [7, 11) is 1.70. The van der Waals surface area contributed by atoms with Gasteiger partial charge in [0.2, 0.25) is 0 Å². The predicted octanol–water partition coefficient (Wildman–Crippen LogP) is 2.23. The Bertz CT molecular complexity index is 366. The minimum atomic E-state index is 0.210. The fourth-order valence-corrected chi connectivity index (χ4v) is 1.65. The van der Waals surface area contributed by atoms with Gasteiger partial charge in [-0.05, 0) is 37.0 Å². The smallest absolute Gasteiger partial charge is 0.173 e. The highest BCUT2D eigenvalue weighted by Crippen LogP contribution is 2.29. The monoisotopic (exact) mass is 234 g/mol. The zero-order chi connectivity index (χ0) is 12.1. The normalized spacial score (nSPS) is 14.6. The quantitative estimate of drug-likeness (QED) is 0.725. The summed E-state index contributed by atoms with van der Waals surface area (Å²) in [5.41, 5.74) is 1.22. The van der Waals surface area contributed by atoms with Gasteiger partial charge in [-0.1, -0.05) is 12.1 Å². The maximum Gasteiger partial charge on any atom is 0.173 e. The number of hydrogen-bond acceptors (Lipinski definition) is 3. The van der Waals surface area contributed by atoms with E-state index in [1.165, 1.54) is 5.56 Å². The van der Waals surface area contributed by atoms with Gasteiger partial charge >= 0.3 is 0 Å². The van der Waals surface area contributed by atoms with Gasteiger partial charge < -0.3 is 9.47 Å². The summed E-state index contributed by atoms with van der Waals surface area (Å²) in [4.78, 5) is 11.4. The summed E-state index contributed by atoms with van der Waals surface area (Å²) in [6.07, 6.45) is 2.98. The largest absolute Gasteiger partial charge is 0.486 e. The van der Waals surface area contributed by atoms with Crippen molar-refractivity contribution in [1.29, 1.82) is 0 Å². The number of hydrogen-bond donors (Lipinski definition) is 0. The van der Waals surface area contributed by atoms with Crippen LogP contribution in [0.2, 0.25) is 0 Å². The van der Waals surface area contributed by atoms with Crippen molar-refractivity contribution in [1.82, 2.24) is 0 Å². The van der Waals surface area contributed by atoms with Gasteiger partial charge in [0.1, 0.15) is 12.4 Å². The Kier molecular flexibility index (Phi) is 4.15. The van der Waals surface area contributed by atoms with Gasteiger partial charge in [0, 0.05) is 13.0 Å². The van der Waals surface area contributed by atoms with Crippen LogP contribution in [0.3, 0.4) is 0 Å². The van der Waals surface area contributed by atoms with E-state index in [1.807, 2.05) is 24.3 Å². The van der Waals surface area contributed by atoms with Crippen LogP contribution in [0.25, 0.3) is 0 Å². The molecular formula is C14H18O3. The van der Waals surface area contributed by atoms with Gasteiger partial charge in [-0.2, -0.15) is 0 Å². The molecule has 0 saturated heterocycles. The lowest BCUT2D eigenvalue weighted by atomic mass is 10.1. The van der Waals surface area contributed by atoms with Crippen LogP contribution >= 0.6 is 0 Å². The SMILES string of the molecule is COCCc1ccc(OCC(=O)C2CC2)cc1. The molecule has 0 aromatic heterocycles. The fraction of sp³-hybridized carbons (Fsp3) is 0.500. The van der Waals surface area contributed by atoms with Gasteiger partial charge in [0.25, 0.3) is 0 Å². The molecule has 1 fully saturated rings. The highest BCUT2D eigenvalue weighted by Gasteiger charge is 2.29. The first-order valence-electron chi connectivity index (χ1n) is 6.03. The number of ketones is 1. The highest BCUT2D eigenvalue weighted by atomic mass is 16.5. The van der Waals surface area contributed by atoms with Crippen molar-refractivity contribution >= 4 is 5.78 Å². The first-order valence-corrected chi connectivity index (χ1v) is 6.03. The third kappa shape index (κ3) is 3.86. The lowest BCUT2D eigenvalue weighted by Gasteiger charge is -2.06. The number of ether oxygens (including phenoxy) is 2. The Morgan fingerprint density at radius 3 is 2.59 bits per heavy atom. The number of Topliss-reactive ketones (excluding diaryl/α,β-unsaturated/α-hetero) is 1. The van der Waals surface area contributed by atoms with Crippen molar-refractivity contribution in [3.05, 3.63) is 29.8 Å². The molecule has 0 atom stereocenters. The topological polar surface area (TPSA) is 35.5 Å². The van der Waals surface area contributed by atoms with E-state index in [1.54, 1.807) is 7.11 Å². The van der Waals surface area contributed by atoms with E-state index in [4.69, 9.17) is 9.47 Å². The lowest BCUT2D eigenvalue weighted by molar-refractivity contribution is -0.122. The van der Waals surface area contributed by atoms with Gasteiger partial charge in [0.05, 0.1) is 6.61 Å².